The molecule has 0 unspecified atom stereocenters. The highest BCUT2D eigenvalue weighted by molar-refractivity contribution is 14.0. The first-order chi connectivity index (χ1) is 10.6. The summed E-state index contributed by atoms with van der Waals surface area (Å²) in [6, 6.07) is 17.9. The van der Waals surface area contributed by atoms with Crippen LogP contribution < -0.4 is 11.1 Å². The third kappa shape index (κ3) is 6.57. The van der Waals surface area contributed by atoms with Crippen molar-refractivity contribution in [1.82, 2.24) is 0 Å². The van der Waals surface area contributed by atoms with Gasteiger partial charge in [-0.25, -0.2) is 8.42 Å². The van der Waals surface area contributed by atoms with E-state index in [-0.39, 0.29) is 35.7 Å². The number of aliphatic imine (C=N–C) groups is 1. The number of hydrogen-bond acceptors (Lipinski definition) is 3. The summed E-state index contributed by atoms with van der Waals surface area (Å²) in [6.07, 6.45) is 0.425. The zero-order chi connectivity index (χ0) is 15.8. The van der Waals surface area contributed by atoms with Crippen LogP contribution in [0.3, 0.4) is 0 Å². The van der Waals surface area contributed by atoms with Crippen LogP contribution in [-0.4, -0.2) is 26.7 Å². The predicted octanol–water partition coefficient (Wildman–Crippen LogP) is 2.90. The number of sulfone groups is 1. The largest absolute Gasteiger partial charge is 0.370 e. The summed E-state index contributed by atoms with van der Waals surface area (Å²) in [7, 11) is -3.25. The molecule has 5 nitrogen and oxygen atoms in total. The fraction of sp³-hybridized carbons (Fsp3) is 0.188. The van der Waals surface area contributed by atoms with Crippen LogP contribution >= 0.6 is 24.0 Å². The van der Waals surface area contributed by atoms with E-state index in [0.717, 1.165) is 5.69 Å². The molecule has 0 aliphatic heterocycles. The molecule has 0 radical (unpaired) electrons. The lowest BCUT2D eigenvalue weighted by Crippen LogP contribution is -2.23. The molecular formula is C16H20IN3O2S. The number of halogens is 1. The Labute approximate surface area is 154 Å². The first kappa shape index (κ1) is 19.4. The summed E-state index contributed by atoms with van der Waals surface area (Å²) >= 11 is 0. The van der Waals surface area contributed by atoms with Crippen molar-refractivity contribution in [3.63, 3.8) is 0 Å². The Bertz CT molecular complexity index is 720. The lowest BCUT2D eigenvalue weighted by molar-refractivity contribution is 0.593. The molecule has 0 atom stereocenters. The Morgan fingerprint density at radius 3 is 2.17 bits per heavy atom. The highest BCUT2D eigenvalue weighted by Gasteiger charge is 2.12. The summed E-state index contributed by atoms with van der Waals surface area (Å²) in [5.41, 5.74) is 6.60. The van der Waals surface area contributed by atoms with Gasteiger partial charge in [0, 0.05) is 12.2 Å². The van der Waals surface area contributed by atoms with Gasteiger partial charge in [-0.15, -0.1) is 24.0 Å². The van der Waals surface area contributed by atoms with Crippen molar-refractivity contribution in [2.24, 2.45) is 10.7 Å². The SMILES string of the molecule is I.NC(=NCCCS(=O)(=O)c1ccccc1)Nc1ccccc1. The summed E-state index contributed by atoms with van der Waals surface area (Å²) in [4.78, 5) is 4.48. The van der Waals surface area contributed by atoms with Gasteiger partial charge in [-0.05, 0) is 30.7 Å². The minimum Gasteiger partial charge on any atom is -0.370 e. The second-order valence-corrected chi connectivity index (χ2v) is 6.85. The molecule has 0 aromatic heterocycles. The maximum atomic E-state index is 12.1. The van der Waals surface area contributed by atoms with Gasteiger partial charge < -0.3 is 11.1 Å². The third-order valence-electron chi connectivity index (χ3n) is 3.00. The molecule has 23 heavy (non-hydrogen) atoms. The Morgan fingerprint density at radius 2 is 1.57 bits per heavy atom. The molecule has 0 saturated heterocycles. The average Bonchev–Trinajstić information content (AvgIpc) is 2.53. The number of guanidine groups is 1. The first-order valence-electron chi connectivity index (χ1n) is 6.98. The fourth-order valence-electron chi connectivity index (χ4n) is 1.91. The molecule has 0 heterocycles. The van der Waals surface area contributed by atoms with E-state index in [9.17, 15) is 8.42 Å². The van der Waals surface area contributed by atoms with Gasteiger partial charge >= 0.3 is 0 Å². The Morgan fingerprint density at radius 1 is 1.00 bits per heavy atom. The van der Waals surface area contributed by atoms with Crippen molar-refractivity contribution in [3.05, 3.63) is 60.7 Å². The molecule has 2 aromatic carbocycles. The van der Waals surface area contributed by atoms with Gasteiger partial charge in [-0.3, -0.25) is 4.99 Å². The van der Waals surface area contributed by atoms with E-state index in [1.807, 2.05) is 30.3 Å². The van der Waals surface area contributed by atoms with Gasteiger partial charge in [0.2, 0.25) is 0 Å². The van der Waals surface area contributed by atoms with Crippen LogP contribution in [0.2, 0.25) is 0 Å². The predicted molar refractivity (Wildman–Crippen MR) is 105 cm³/mol. The van der Waals surface area contributed by atoms with E-state index in [2.05, 4.69) is 10.3 Å². The summed E-state index contributed by atoms with van der Waals surface area (Å²) in [6.45, 7) is 0.359. The van der Waals surface area contributed by atoms with Crippen LogP contribution in [0.4, 0.5) is 5.69 Å². The van der Waals surface area contributed by atoms with Crippen LogP contribution in [0.25, 0.3) is 0 Å². The number of nitrogens with two attached hydrogens (primary N) is 1. The number of nitrogens with zero attached hydrogens (tertiary/aromatic N) is 1. The molecule has 7 heteroatoms. The average molecular weight is 445 g/mol. The molecule has 0 saturated carbocycles. The van der Waals surface area contributed by atoms with Crippen LogP contribution in [0.1, 0.15) is 6.42 Å². The topological polar surface area (TPSA) is 84.5 Å². The third-order valence-corrected chi connectivity index (χ3v) is 4.82. The first-order valence-corrected chi connectivity index (χ1v) is 8.63. The lowest BCUT2D eigenvalue weighted by Gasteiger charge is -2.05. The van der Waals surface area contributed by atoms with Gasteiger partial charge in [0.15, 0.2) is 15.8 Å². The van der Waals surface area contributed by atoms with Crippen molar-refractivity contribution in [3.8, 4) is 0 Å². The standard InChI is InChI=1S/C16H19N3O2S.HI/c17-16(19-14-8-3-1-4-9-14)18-12-7-13-22(20,21)15-10-5-2-6-11-15;/h1-6,8-11H,7,12-13H2,(H3,17,18,19);1H. The Hall–Kier alpha value is -1.61. The number of rotatable bonds is 6. The van der Waals surface area contributed by atoms with E-state index in [0.29, 0.717) is 17.9 Å². The van der Waals surface area contributed by atoms with Crippen LogP contribution in [0, 0.1) is 0 Å². The lowest BCUT2D eigenvalue weighted by atomic mass is 10.3. The molecule has 124 valence electrons. The van der Waals surface area contributed by atoms with Crippen molar-refractivity contribution in [2.75, 3.05) is 17.6 Å². The smallest absolute Gasteiger partial charge is 0.193 e. The zero-order valence-electron chi connectivity index (χ0n) is 12.6. The highest BCUT2D eigenvalue weighted by atomic mass is 127. The van der Waals surface area contributed by atoms with Crippen molar-refractivity contribution < 1.29 is 8.42 Å². The van der Waals surface area contributed by atoms with E-state index in [1.54, 1.807) is 30.3 Å². The highest BCUT2D eigenvalue weighted by Crippen LogP contribution is 2.11. The van der Waals surface area contributed by atoms with Crippen LogP contribution in [0.5, 0.6) is 0 Å². The molecule has 0 amide bonds. The van der Waals surface area contributed by atoms with Gasteiger partial charge in [-0.2, -0.15) is 0 Å². The summed E-state index contributed by atoms with van der Waals surface area (Å²) in [5.74, 6) is 0.336. The van der Waals surface area contributed by atoms with E-state index < -0.39 is 9.84 Å². The van der Waals surface area contributed by atoms with Gasteiger partial charge in [0.05, 0.1) is 10.6 Å². The maximum absolute atomic E-state index is 12.1. The number of para-hydroxylation sites is 1. The Balaban J connectivity index is 0.00000264. The van der Waals surface area contributed by atoms with Gasteiger partial charge in [0.25, 0.3) is 0 Å². The van der Waals surface area contributed by atoms with E-state index in [4.69, 9.17) is 5.73 Å². The molecule has 0 fully saturated rings. The quantitative estimate of drug-likeness (QED) is 0.310. The van der Waals surface area contributed by atoms with Gasteiger partial charge in [-0.1, -0.05) is 36.4 Å². The number of hydrogen-bond donors (Lipinski definition) is 2. The normalized spacial score (nSPS) is 11.6. The van der Waals surface area contributed by atoms with Gasteiger partial charge in [0.1, 0.15) is 0 Å². The molecule has 2 aromatic rings. The van der Waals surface area contributed by atoms with Crippen LogP contribution in [-0.2, 0) is 9.84 Å². The number of anilines is 1. The minimum absolute atomic E-state index is 0. The molecule has 3 N–H and O–H groups in total. The van der Waals surface area contributed by atoms with Crippen molar-refractivity contribution in [1.29, 1.82) is 0 Å². The Kier molecular flexibility index (Phi) is 8.04. The second-order valence-electron chi connectivity index (χ2n) is 4.74. The number of benzene rings is 2. The second kappa shape index (κ2) is 9.51. The number of nitrogens with one attached hydrogen (secondary N) is 1. The van der Waals surface area contributed by atoms with E-state index >= 15 is 0 Å². The zero-order valence-corrected chi connectivity index (χ0v) is 15.7. The van der Waals surface area contributed by atoms with Crippen LogP contribution in [0.15, 0.2) is 70.6 Å². The molecular weight excluding hydrogens is 425 g/mol. The van der Waals surface area contributed by atoms with Crippen molar-refractivity contribution in [2.45, 2.75) is 11.3 Å². The van der Waals surface area contributed by atoms with Crippen molar-refractivity contribution >= 4 is 45.5 Å². The summed E-state index contributed by atoms with van der Waals surface area (Å²) in [5, 5.41) is 2.95. The monoisotopic (exact) mass is 445 g/mol. The molecule has 0 spiro atoms. The molecule has 0 bridgehead atoms. The molecule has 0 aliphatic carbocycles. The minimum atomic E-state index is -3.25. The maximum Gasteiger partial charge on any atom is 0.193 e. The fourth-order valence-corrected chi connectivity index (χ4v) is 3.23. The molecule has 2 rings (SSSR count). The molecule has 0 aliphatic rings. The summed E-state index contributed by atoms with van der Waals surface area (Å²) < 4.78 is 24.1. The van der Waals surface area contributed by atoms with E-state index in [1.165, 1.54) is 0 Å².